The fraction of sp³-hybridized carbons (Fsp3) is 0.417. The molecule has 0 spiro atoms. The van der Waals surface area contributed by atoms with Crippen molar-refractivity contribution in [3.63, 3.8) is 0 Å². The van der Waals surface area contributed by atoms with Crippen molar-refractivity contribution in [2.24, 2.45) is 0 Å². The van der Waals surface area contributed by atoms with E-state index in [1.54, 1.807) is 7.05 Å². The summed E-state index contributed by atoms with van der Waals surface area (Å²) >= 11 is 0. The number of hydrogen-bond donors (Lipinski definition) is 2. The Morgan fingerprint density at radius 1 is 1.17 bits per heavy atom. The molecule has 0 bridgehead atoms. The Hall–Kier alpha value is -0.970. The summed E-state index contributed by atoms with van der Waals surface area (Å²) in [5.41, 5.74) is 1.90. The molecule has 1 aromatic carbocycles. The van der Waals surface area contributed by atoms with Crippen molar-refractivity contribution < 1.29 is 4.79 Å². The second kappa shape index (κ2) is 8.19. The van der Waals surface area contributed by atoms with E-state index in [4.69, 9.17) is 0 Å². The highest BCUT2D eigenvalue weighted by atomic mass is 35.5. The molecule has 102 valence electrons. The minimum Gasteiger partial charge on any atom is -0.369 e. The second-order valence-corrected chi connectivity index (χ2v) is 3.86. The monoisotopic (exact) mass is 291 g/mol. The third-order valence-electron chi connectivity index (χ3n) is 2.84. The summed E-state index contributed by atoms with van der Waals surface area (Å²) in [6.45, 7) is 4.10. The van der Waals surface area contributed by atoms with Gasteiger partial charge >= 0.3 is 0 Å². The molecule has 0 unspecified atom stereocenters. The molecule has 0 aromatic heterocycles. The van der Waals surface area contributed by atoms with Gasteiger partial charge in [0.1, 0.15) is 0 Å². The Labute approximate surface area is 120 Å². The van der Waals surface area contributed by atoms with Gasteiger partial charge in [-0.15, -0.1) is 24.8 Å². The van der Waals surface area contributed by atoms with Gasteiger partial charge in [0.25, 0.3) is 5.91 Å². The lowest BCUT2D eigenvalue weighted by molar-refractivity contribution is 0.0963. The molecular weight excluding hydrogens is 273 g/mol. The van der Waals surface area contributed by atoms with E-state index in [1.807, 2.05) is 24.3 Å². The molecule has 18 heavy (non-hydrogen) atoms. The highest BCUT2D eigenvalue weighted by Gasteiger charge is 2.10. The molecule has 1 aliphatic heterocycles. The van der Waals surface area contributed by atoms with Crippen LogP contribution in [0, 0.1) is 0 Å². The van der Waals surface area contributed by atoms with Crippen molar-refractivity contribution in [3.05, 3.63) is 29.8 Å². The van der Waals surface area contributed by atoms with Crippen LogP contribution in [0.5, 0.6) is 0 Å². The molecule has 6 heteroatoms. The zero-order valence-corrected chi connectivity index (χ0v) is 11.9. The highest BCUT2D eigenvalue weighted by molar-refractivity contribution is 5.94. The number of nitrogens with one attached hydrogen (secondary N) is 2. The van der Waals surface area contributed by atoms with Gasteiger partial charge in [-0.1, -0.05) is 0 Å². The Morgan fingerprint density at radius 2 is 1.72 bits per heavy atom. The number of nitrogens with zero attached hydrogens (tertiary/aromatic N) is 1. The van der Waals surface area contributed by atoms with Crippen LogP contribution in [0.15, 0.2) is 24.3 Å². The van der Waals surface area contributed by atoms with E-state index in [0.29, 0.717) is 5.56 Å². The molecule has 1 aliphatic rings. The number of piperazine rings is 1. The number of carbonyl (C=O) groups excluding carboxylic acids is 1. The van der Waals surface area contributed by atoms with E-state index in [-0.39, 0.29) is 30.7 Å². The number of halogens is 2. The first-order valence-corrected chi connectivity index (χ1v) is 5.59. The lowest BCUT2D eigenvalue weighted by Gasteiger charge is -2.29. The van der Waals surface area contributed by atoms with Gasteiger partial charge in [-0.2, -0.15) is 0 Å². The fourth-order valence-electron chi connectivity index (χ4n) is 1.89. The van der Waals surface area contributed by atoms with Gasteiger partial charge in [-0.25, -0.2) is 0 Å². The lowest BCUT2D eigenvalue weighted by Crippen LogP contribution is -2.43. The molecule has 0 aliphatic carbocycles. The van der Waals surface area contributed by atoms with Crippen molar-refractivity contribution in [2.75, 3.05) is 38.1 Å². The van der Waals surface area contributed by atoms with Crippen LogP contribution in [-0.2, 0) is 0 Å². The maximum absolute atomic E-state index is 11.4. The van der Waals surface area contributed by atoms with Crippen molar-refractivity contribution >= 4 is 36.4 Å². The van der Waals surface area contributed by atoms with E-state index in [1.165, 1.54) is 5.69 Å². The predicted molar refractivity (Wildman–Crippen MR) is 79.4 cm³/mol. The second-order valence-electron chi connectivity index (χ2n) is 3.86. The topological polar surface area (TPSA) is 44.4 Å². The number of amides is 1. The Kier molecular flexibility index (Phi) is 7.75. The quantitative estimate of drug-likeness (QED) is 0.863. The average Bonchev–Trinajstić information content (AvgIpc) is 2.39. The van der Waals surface area contributed by atoms with Crippen molar-refractivity contribution in [1.82, 2.24) is 10.6 Å². The number of rotatable bonds is 2. The van der Waals surface area contributed by atoms with Crippen LogP contribution in [0.25, 0.3) is 0 Å². The summed E-state index contributed by atoms with van der Waals surface area (Å²) in [5, 5.41) is 5.94. The molecule has 2 rings (SSSR count). The first-order valence-electron chi connectivity index (χ1n) is 5.59. The Bertz CT molecular complexity index is 364. The van der Waals surface area contributed by atoms with Crippen LogP contribution in [0.2, 0.25) is 0 Å². The lowest BCUT2D eigenvalue weighted by atomic mass is 10.1. The molecule has 1 aromatic rings. The van der Waals surface area contributed by atoms with Gasteiger partial charge in [0, 0.05) is 44.5 Å². The first kappa shape index (κ1) is 17.0. The van der Waals surface area contributed by atoms with Crippen LogP contribution >= 0.6 is 24.8 Å². The Morgan fingerprint density at radius 3 is 2.22 bits per heavy atom. The summed E-state index contributed by atoms with van der Waals surface area (Å²) in [7, 11) is 1.65. The molecular formula is C12H19Cl2N3O. The number of anilines is 1. The highest BCUT2D eigenvalue weighted by Crippen LogP contribution is 2.15. The van der Waals surface area contributed by atoms with Gasteiger partial charge in [0.2, 0.25) is 0 Å². The van der Waals surface area contributed by atoms with E-state index in [2.05, 4.69) is 15.5 Å². The minimum atomic E-state index is -0.0353. The molecule has 1 saturated heterocycles. The van der Waals surface area contributed by atoms with Gasteiger partial charge in [0.15, 0.2) is 0 Å². The standard InChI is InChI=1S/C12H17N3O.2ClH/c1-13-12(16)10-2-4-11(5-3-10)15-8-6-14-7-9-15;;/h2-5,14H,6-9H2,1H3,(H,13,16);2*1H. The van der Waals surface area contributed by atoms with Gasteiger partial charge in [-0.05, 0) is 24.3 Å². The first-order chi connectivity index (χ1) is 7.81. The van der Waals surface area contributed by atoms with Crippen LogP contribution in [0.3, 0.4) is 0 Å². The fourth-order valence-corrected chi connectivity index (χ4v) is 1.89. The molecule has 0 radical (unpaired) electrons. The summed E-state index contributed by atoms with van der Waals surface area (Å²) in [6, 6.07) is 7.76. The molecule has 0 atom stereocenters. The molecule has 4 nitrogen and oxygen atoms in total. The van der Waals surface area contributed by atoms with E-state index in [0.717, 1.165) is 26.2 Å². The normalized spacial score (nSPS) is 14.2. The summed E-state index contributed by atoms with van der Waals surface area (Å²) in [5.74, 6) is -0.0353. The SMILES string of the molecule is CNC(=O)c1ccc(N2CCNCC2)cc1.Cl.Cl. The van der Waals surface area contributed by atoms with Gasteiger partial charge in [-0.3, -0.25) is 4.79 Å². The molecule has 1 heterocycles. The van der Waals surface area contributed by atoms with E-state index < -0.39 is 0 Å². The van der Waals surface area contributed by atoms with E-state index >= 15 is 0 Å². The van der Waals surface area contributed by atoms with Crippen LogP contribution < -0.4 is 15.5 Å². The summed E-state index contributed by atoms with van der Waals surface area (Å²) in [6.07, 6.45) is 0. The minimum absolute atomic E-state index is 0. The van der Waals surface area contributed by atoms with E-state index in [9.17, 15) is 4.79 Å². The molecule has 1 amide bonds. The maximum Gasteiger partial charge on any atom is 0.251 e. The molecule has 0 saturated carbocycles. The predicted octanol–water partition coefficient (Wildman–Crippen LogP) is 1.30. The van der Waals surface area contributed by atoms with Crippen molar-refractivity contribution in [3.8, 4) is 0 Å². The van der Waals surface area contributed by atoms with Crippen molar-refractivity contribution in [1.29, 1.82) is 0 Å². The van der Waals surface area contributed by atoms with Crippen LogP contribution in [0.4, 0.5) is 5.69 Å². The third-order valence-corrected chi connectivity index (χ3v) is 2.84. The number of hydrogen-bond acceptors (Lipinski definition) is 3. The third kappa shape index (κ3) is 4.05. The molecule has 2 N–H and O–H groups in total. The van der Waals surface area contributed by atoms with Crippen LogP contribution in [0.1, 0.15) is 10.4 Å². The number of carbonyl (C=O) groups is 1. The zero-order chi connectivity index (χ0) is 11.4. The van der Waals surface area contributed by atoms with Crippen molar-refractivity contribution in [2.45, 2.75) is 0 Å². The zero-order valence-electron chi connectivity index (χ0n) is 10.3. The summed E-state index contributed by atoms with van der Waals surface area (Å²) in [4.78, 5) is 13.7. The smallest absolute Gasteiger partial charge is 0.251 e. The maximum atomic E-state index is 11.4. The molecule has 1 fully saturated rings. The Balaban J connectivity index is 0.00000144. The van der Waals surface area contributed by atoms with Gasteiger partial charge in [0.05, 0.1) is 0 Å². The van der Waals surface area contributed by atoms with Crippen LogP contribution in [-0.4, -0.2) is 39.1 Å². The van der Waals surface area contributed by atoms with Gasteiger partial charge < -0.3 is 15.5 Å². The summed E-state index contributed by atoms with van der Waals surface area (Å²) < 4.78 is 0. The largest absolute Gasteiger partial charge is 0.369 e. The average molecular weight is 292 g/mol. The number of benzene rings is 1.